The highest BCUT2D eigenvalue weighted by molar-refractivity contribution is 6.32. The molecule has 0 atom stereocenters. The fourth-order valence-corrected chi connectivity index (χ4v) is 1.86. The minimum Gasteiger partial charge on any atom is -0.506 e. The minimum atomic E-state index is -0.350. The van der Waals surface area contributed by atoms with Crippen LogP contribution in [0, 0.1) is 11.3 Å². The number of rotatable bonds is 3. The molecule has 0 saturated heterocycles. The summed E-state index contributed by atoms with van der Waals surface area (Å²) in [5, 5.41) is 18.6. The molecule has 0 aromatic heterocycles. The number of halogens is 1. The number of allylic oxidation sites excluding steroid dienone is 1. The van der Waals surface area contributed by atoms with Crippen LogP contribution in [0.3, 0.4) is 0 Å². The second-order valence-corrected chi connectivity index (χ2v) is 4.48. The van der Waals surface area contributed by atoms with Gasteiger partial charge in [-0.05, 0) is 23.8 Å². The van der Waals surface area contributed by atoms with Gasteiger partial charge in [0.15, 0.2) is 0 Å². The fourth-order valence-electron chi connectivity index (χ4n) is 1.67. The lowest BCUT2D eigenvalue weighted by Crippen LogP contribution is -2.01. The van der Waals surface area contributed by atoms with Gasteiger partial charge in [-0.3, -0.25) is 4.79 Å². The zero-order valence-electron chi connectivity index (χ0n) is 10.4. The predicted molar refractivity (Wildman–Crippen MR) is 77.5 cm³/mol. The number of phenolic OH excluding ortho intramolecular Hbond substituents is 1. The molecule has 0 unspecified atom stereocenters. The first-order valence-corrected chi connectivity index (χ1v) is 6.19. The summed E-state index contributed by atoms with van der Waals surface area (Å²) in [6.45, 7) is 0. The highest BCUT2D eigenvalue weighted by atomic mass is 35.5. The highest BCUT2D eigenvalue weighted by Gasteiger charge is 2.11. The molecule has 0 aliphatic rings. The van der Waals surface area contributed by atoms with Crippen molar-refractivity contribution >= 4 is 23.5 Å². The highest BCUT2D eigenvalue weighted by Crippen LogP contribution is 2.25. The van der Waals surface area contributed by atoms with Crippen molar-refractivity contribution < 1.29 is 9.90 Å². The number of ketones is 1. The minimum absolute atomic E-state index is 0.0120. The van der Waals surface area contributed by atoms with Gasteiger partial charge in [0.25, 0.3) is 0 Å². The van der Waals surface area contributed by atoms with Crippen LogP contribution in [0.15, 0.2) is 54.1 Å². The Hall–Kier alpha value is -2.57. The second kappa shape index (κ2) is 6.05. The average Bonchev–Trinajstić information content (AvgIpc) is 2.48. The second-order valence-electron chi connectivity index (χ2n) is 4.08. The van der Waals surface area contributed by atoms with E-state index >= 15 is 0 Å². The van der Waals surface area contributed by atoms with Crippen LogP contribution in [0.1, 0.15) is 15.9 Å². The summed E-state index contributed by atoms with van der Waals surface area (Å²) in [4.78, 5) is 12.2. The first kappa shape index (κ1) is 13.9. The number of nitrogens with zero attached hydrogens (tertiary/aromatic N) is 1. The van der Waals surface area contributed by atoms with Crippen molar-refractivity contribution in [1.82, 2.24) is 0 Å². The van der Waals surface area contributed by atoms with Gasteiger partial charge < -0.3 is 5.11 Å². The molecule has 0 fully saturated rings. The number of carbonyl (C=O) groups excluding carboxylic acids is 1. The van der Waals surface area contributed by atoms with Gasteiger partial charge in [-0.1, -0.05) is 48.0 Å². The topological polar surface area (TPSA) is 61.1 Å². The van der Waals surface area contributed by atoms with Crippen LogP contribution < -0.4 is 0 Å². The normalized spacial score (nSPS) is 10.9. The molecule has 4 heteroatoms. The lowest BCUT2D eigenvalue weighted by molar-refractivity contribution is 0.104. The quantitative estimate of drug-likeness (QED) is 0.529. The Kier molecular flexibility index (Phi) is 4.19. The zero-order chi connectivity index (χ0) is 14.5. The molecule has 0 heterocycles. The number of nitriles is 1. The molecule has 0 spiro atoms. The Morgan fingerprint density at radius 1 is 1.20 bits per heavy atom. The summed E-state index contributed by atoms with van der Waals surface area (Å²) in [6, 6.07) is 14.9. The van der Waals surface area contributed by atoms with E-state index in [2.05, 4.69) is 0 Å². The molecule has 1 N–H and O–H groups in total. The van der Waals surface area contributed by atoms with E-state index < -0.39 is 0 Å². The molecule has 2 aromatic rings. The molecule has 0 aliphatic carbocycles. The molecule has 2 aromatic carbocycles. The maximum Gasteiger partial charge on any atom is 0.203 e. The van der Waals surface area contributed by atoms with E-state index in [1.165, 1.54) is 18.2 Å². The standard InChI is InChI=1S/C16H10ClNO2/c17-14-9-11(6-7-15(14)19)8-13(10-18)16(20)12-4-2-1-3-5-12/h1-9,19H/b13-8+. The first-order valence-electron chi connectivity index (χ1n) is 5.82. The van der Waals surface area contributed by atoms with E-state index in [4.69, 9.17) is 16.9 Å². The maximum atomic E-state index is 12.2. The van der Waals surface area contributed by atoms with Gasteiger partial charge in [0.2, 0.25) is 5.78 Å². The van der Waals surface area contributed by atoms with Crippen molar-refractivity contribution in [3.8, 4) is 11.8 Å². The summed E-state index contributed by atoms with van der Waals surface area (Å²) in [6.07, 6.45) is 1.45. The number of benzene rings is 2. The number of Topliss-reactive ketones (excluding diaryl/α,β-unsaturated/α-hetero) is 1. The number of hydrogen-bond acceptors (Lipinski definition) is 3. The van der Waals surface area contributed by atoms with Gasteiger partial charge in [0.1, 0.15) is 17.4 Å². The molecular formula is C16H10ClNO2. The van der Waals surface area contributed by atoms with Gasteiger partial charge >= 0.3 is 0 Å². The molecular weight excluding hydrogens is 274 g/mol. The molecule has 98 valence electrons. The molecule has 20 heavy (non-hydrogen) atoms. The molecule has 3 nitrogen and oxygen atoms in total. The fraction of sp³-hybridized carbons (Fsp3) is 0. The van der Waals surface area contributed by atoms with E-state index in [1.807, 2.05) is 6.07 Å². The number of phenols is 1. The maximum absolute atomic E-state index is 12.2. The van der Waals surface area contributed by atoms with Gasteiger partial charge in [-0.25, -0.2) is 0 Å². The Labute approximate surface area is 121 Å². The van der Waals surface area contributed by atoms with Crippen molar-refractivity contribution in [2.75, 3.05) is 0 Å². The smallest absolute Gasteiger partial charge is 0.203 e. The Morgan fingerprint density at radius 3 is 2.50 bits per heavy atom. The predicted octanol–water partition coefficient (Wildman–Crippen LogP) is 3.84. The van der Waals surface area contributed by atoms with Crippen LogP contribution in [-0.4, -0.2) is 10.9 Å². The molecule has 0 aliphatic heterocycles. The van der Waals surface area contributed by atoms with E-state index in [0.717, 1.165) is 0 Å². The van der Waals surface area contributed by atoms with Gasteiger partial charge in [-0.2, -0.15) is 5.26 Å². The summed E-state index contributed by atoms with van der Waals surface area (Å²) in [5.74, 6) is -0.394. The lowest BCUT2D eigenvalue weighted by atomic mass is 10.0. The third-order valence-electron chi connectivity index (χ3n) is 2.68. The van der Waals surface area contributed by atoms with Crippen molar-refractivity contribution in [1.29, 1.82) is 5.26 Å². The van der Waals surface area contributed by atoms with Crippen molar-refractivity contribution in [3.05, 3.63) is 70.3 Å². The van der Waals surface area contributed by atoms with Gasteiger partial charge in [0, 0.05) is 5.56 Å². The SMILES string of the molecule is N#C/C(=C\c1ccc(O)c(Cl)c1)C(=O)c1ccccc1. The van der Waals surface area contributed by atoms with Crippen LogP contribution in [0.2, 0.25) is 5.02 Å². The van der Waals surface area contributed by atoms with Gasteiger partial charge in [-0.15, -0.1) is 0 Å². The van der Waals surface area contributed by atoms with Crippen LogP contribution in [0.5, 0.6) is 5.75 Å². The summed E-state index contributed by atoms with van der Waals surface area (Å²) in [7, 11) is 0. The number of aromatic hydroxyl groups is 1. The molecule has 2 rings (SSSR count). The Bertz CT molecular complexity index is 715. The van der Waals surface area contributed by atoms with Crippen LogP contribution >= 0.6 is 11.6 Å². The van der Waals surface area contributed by atoms with Crippen LogP contribution in [0.4, 0.5) is 0 Å². The number of carbonyl (C=O) groups is 1. The van der Waals surface area contributed by atoms with Crippen LogP contribution in [0.25, 0.3) is 6.08 Å². The molecule has 0 amide bonds. The largest absolute Gasteiger partial charge is 0.506 e. The summed E-state index contributed by atoms with van der Waals surface area (Å²) >= 11 is 5.79. The van der Waals surface area contributed by atoms with E-state index in [1.54, 1.807) is 36.4 Å². The van der Waals surface area contributed by atoms with E-state index in [-0.39, 0.29) is 22.1 Å². The Morgan fingerprint density at radius 2 is 1.90 bits per heavy atom. The molecule has 0 radical (unpaired) electrons. The van der Waals surface area contributed by atoms with Crippen LogP contribution in [-0.2, 0) is 0 Å². The third kappa shape index (κ3) is 3.05. The van der Waals surface area contributed by atoms with Crippen molar-refractivity contribution in [2.24, 2.45) is 0 Å². The lowest BCUT2D eigenvalue weighted by Gasteiger charge is -2.01. The van der Waals surface area contributed by atoms with Crippen molar-refractivity contribution in [2.45, 2.75) is 0 Å². The number of hydrogen-bond donors (Lipinski definition) is 1. The van der Waals surface area contributed by atoms with E-state index in [0.29, 0.717) is 11.1 Å². The monoisotopic (exact) mass is 283 g/mol. The summed E-state index contributed by atoms with van der Waals surface area (Å²) in [5.41, 5.74) is 1.04. The molecule has 0 bridgehead atoms. The average molecular weight is 284 g/mol. The molecule has 0 saturated carbocycles. The third-order valence-corrected chi connectivity index (χ3v) is 2.99. The Balaban J connectivity index is 2.37. The zero-order valence-corrected chi connectivity index (χ0v) is 11.1. The summed E-state index contributed by atoms with van der Waals surface area (Å²) < 4.78 is 0. The van der Waals surface area contributed by atoms with E-state index in [9.17, 15) is 9.90 Å². The van der Waals surface area contributed by atoms with Gasteiger partial charge in [0.05, 0.1) is 5.02 Å². The first-order chi connectivity index (χ1) is 9.61. The van der Waals surface area contributed by atoms with Crippen molar-refractivity contribution in [3.63, 3.8) is 0 Å².